The zero-order chi connectivity index (χ0) is 16.4. The van der Waals surface area contributed by atoms with E-state index in [1.165, 1.54) is 21.9 Å². The van der Waals surface area contributed by atoms with Crippen molar-refractivity contribution in [3.05, 3.63) is 101 Å². The van der Waals surface area contributed by atoms with Gasteiger partial charge in [-0.2, -0.15) is 0 Å². The fourth-order valence-corrected chi connectivity index (χ4v) is 3.24. The predicted octanol–water partition coefficient (Wildman–Crippen LogP) is 5.05. The number of benzene rings is 3. The molecule has 118 valence electrons. The summed E-state index contributed by atoms with van der Waals surface area (Å²) in [6.07, 6.45) is 1.70. The van der Waals surface area contributed by atoms with Crippen LogP contribution in [-0.4, -0.2) is 9.97 Å². The third kappa shape index (κ3) is 2.95. The second-order valence-electron chi connectivity index (χ2n) is 6.23. The van der Waals surface area contributed by atoms with Gasteiger partial charge >= 0.3 is 0 Å². The monoisotopic (exact) mass is 312 g/mol. The molecule has 0 aliphatic rings. The van der Waals surface area contributed by atoms with Gasteiger partial charge in [0.15, 0.2) is 0 Å². The highest BCUT2D eigenvalue weighted by Gasteiger charge is 2.09. The van der Waals surface area contributed by atoms with E-state index in [2.05, 4.69) is 78.6 Å². The van der Waals surface area contributed by atoms with Crippen molar-refractivity contribution in [1.82, 2.24) is 9.97 Å². The first-order chi connectivity index (χ1) is 11.8. The molecular weight excluding hydrogens is 292 g/mol. The van der Waals surface area contributed by atoms with Crippen molar-refractivity contribution >= 4 is 10.8 Å². The van der Waals surface area contributed by atoms with Crippen molar-refractivity contribution in [2.24, 2.45) is 0 Å². The molecule has 2 nitrogen and oxygen atoms in total. The first-order valence-corrected chi connectivity index (χ1v) is 8.34. The van der Waals surface area contributed by atoms with E-state index in [1.807, 2.05) is 6.07 Å². The number of H-pyrrole nitrogens is 1. The van der Waals surface area contributed by atoms with Gasteiger partial charge in [0.25, 0.3) is 0 Å². The molecule has 0 amide bonds. The Morgan fingerprint density at radius 3 is 2.42 bits per heavy atom. The molecule has 0 unspecified atom stereocenters. The summed E-state index contributed by atoms with van der Waals surface area (Å²) in [5.74, 6) is 1.04. The number of nitrogens with zero attached hydrogens (tertiary/aromatic N) is 1. The summed E-state index contributed by atoms with van der Waals surface area (Å²) >= 11 is 0. The predicted molar refractivity (Wildman–Crippen MR) is 99.3 cm³/mol. The van der Waals surface area contributed by atoms with Crippen molar-refractivity contribution in [1.29, 1.82) is 0 Å². The first kappa shape index (κ1) is 14.7. The molecule has 4 rings (SSSR count). The van der Waals surface area contributed by atoms with E-state index in [1.54, 1.807) is 0 Å². The molecule has 0 radical (unpaired) electrons. The summed E-state index contributed by atoms with van der Waals surface area (Å²) in [6.45, 7) is 2.11. The molecule has 1 heterocycles. The molecule has 2 heteroatoms. The van der Waals surface area contributed by atoms with Gasteiger partial charge in [0.05, 0.1) is 5.69 Å². The van der Waals surface area contributed by atoms with Gasteiger partial charge in [0.1, 0.15) is 5.82 Å². The van der Waals surface area contributed by atoms with Gasteiger partial charge in [-0.15, -0.1) is 0 Å². The van der Waals surface area contributed by atoms with Crippen LogP contribution in [0, 0.1) is 6.92 Å². The summed E-state index contributed by atoms with van der Waals surface area (Å²) in [6, 6.07) is 25.5. The van der Waals surface area contributed by atoms with E-state index < -0.39 is 0 Å². The highest BCUT2D eigenvalue weighted by atomic mass is 14.9. The number of rotatable bonds is 4. The molecule has 1 aromatic heterocycles. The minimum Gasteiger partial charge on any atom is -0.346 e. The molecule has 0 saturated heterocycles. The van der Waals surface area contributed by atoms with Crippen molar-refractivity contribution in [2.45, 2.75) is 19.8 Å². The maximum absolute atomic E-state index is 4.85. The number of hydrogen-bond donors (Lipinski definition) is 1. The second kappa shape index (κ2) is 6.32. The van der Waals surface area contributed by atoms with Crippen LogP contribution in [0.1, 0.15) is 28.3 Å². The van der Waals surface area contributed by atoms with Crippen LogP contribution in [0.4, 0.5) is 0 Å². The number of aryl methyl sites for hydroxylation is 1. The molecule has 0 bridgehead atoms. The summed E-state index contributed by atoms with van der Waals surface area (Å²) < 4.78 is 0. The molecule has 0 aliphatic heterocycles. The Bertz CT molecular complexity index is 962. The Hall–Kier alpha value is -2.87. The highest BCUT2D eigenvalue weighted by Crippen LogP contribution is 2.21. The number of fused-ring (bicyclic) bond motifs is 1. The van der Waals surface area contributed by atoms with Crippen LogP contribution in [-0.2, 0) is 12.8 Å². The lowest BCUT2D eigenvalue weighted by atomic mass is 10.0. The Labute approximate surface area is 142 Å². The SMILES string of the molecule is Cc1[nH]c(Cc2cccc3ccccc23)nc1Cc1ccccc1. The van der Waals surface area contributed by atoms with Crippen LogP contribution >= 0.6 is 0 Å². The molecule has 0 atom stereocenters. The average Bonchev–Trinajstić information content (AvgIpc) is 2.95. The number of aromatic nitrogens is 2. The minimum absolute atomic E-state index is 0.830. The van der Waals surface area contributed by atoms with Gasteiger partial charge in [-0.1, -0.05) is 72.8 Å². The van der Waals surface area contributed by atoms with Gasteiger partial charge in [0, 0.05) is 18.5 Å². The van der Waals surface area contributed by atoms with E-state index in [0.29, 0.717) is 0 Å². The number of hydrogen-bond acceptors (Lipinski definition) is 1. The zero-order valence-corrected chi connectivity index (χ0v) is 13.8. The van der Waals surface area contributed by atoms with E-state index >= 15 is 0 Å². The van der Waals surface area contributed by atoms with Crippen LogP contribution in [0.15, 0.2) is 72.8 Å². The molecule has 4 aromatic rings. The van der Waals surface area contributed by atoms with Gasteiger partial charge in [0.2, 0.25) is 0 Å². The summed E-state index contributed by atoms with van der Waals surface area (Å²) in [5, 5.41) is 2.58. The lowest BCUT2D eigenvalue weighted by molar-refractivity contribution is 1.01. The minimum atomic E-state index is 0.830. The van der Waals surface area contributed by atoms with Gasteiger partial charge in [-0.05, 0) is 28.8 Å². The Morgan fingerprint density at radius 1 is 0.792 bits per heavy atom. The number of nitrogens with one attached hydrogen (secondary N) is 1. The molecule has 0 fully saturated rings. The quantitative estimate of drug-likeness (QED) is 0.561. The molecule has 3 aromatic carbocycles. The Morgan fingerprint density at radius 2 is 1.54 bits per heavy atom. The van der Waals surface area contributed by atoms with E-state index in [0.717, 1.165) is 30.1 Å². The smallest absolute Gasteiger partial charge is 0.111 e. The second-order valence-corrected chi connectivity index (χ2v) is 6.23. The maximum Gasteiger partial charge on any atom is 0.111 e. The van der Waals surface area contributed by atoms with Crippen LogP contribution in [0.3, 0.4) is 0 Å². The lowest BCUT2D eigenvalue weighted by Gasteiger charge is -2.04. The molecule has 0 saturated carbocycles. The van der Waals surface area contributed by atoms with Crippen molar-refractivity contribution < 1.29 is 0 Å². The fourth-order valence-electron chi connectivity index (χ4n) is 3.24. The largest absolute Gasteiger partial charge is 0.346 e. The van der Waals surface area contributed by atoms with Gasteiger partial charge < -0.3 is 4.98 Å². The van der Waals surface area contributed by atoms with Crippen LogP contribution in [0.2, 0.25) is 0 Å². The first-order valence-electron chi connectivity index (χ1n) is 8.34. The van der Waals surface area contributed by atoms with Crippen molar-refractivity contribution in [3.8, 4) is 0 Å². The molecule has 1 N–H and O–H groups in total. The summed E-state index contributed by atoms with van der Waals surface area (Å²) in [4.78, 5) is 8.32. The van der Waals surface area contributed by atoms with Crippen LogP contribution < -0.4 is 0 Å². The average molecular weight is 312 g/mol. The third-order valence-corrected chi connectivity index (χ3v) is 4.49. The standard InChI is InChI=1S/C22H20N2/c1-16-21(14-17-8-3-2-4-9-17)24-22(23-16)15-19-12-7-11-18-10-5-6-13-20(18)19/h2-13H,14-15H2,1H3,(H,23,24). The molecule has 0 spiro atoms. The fraction of sp³-hybridized carbons (Fsp3) is 0.136. The Kier molecular flexibility index (Phi) is 3.87. The topological polar surface area (TPSA) is 28.7 Å². The summed E-state index contributed by atoms with van der Waals surface area (Å²) in [7, 11) is 0. The third-order valence-electron chi connectivity index (χ3n) is 4.49. The van der Waals surface area contributed by atoms with Crippen LogP contribution in [0.5, 0.6) is 0 Å². The zero-order valence-electron chi connectivity index (χ0n) is 13.8. The van der Waals surface area contributed by atoms with Crippen molar-refractivity contribution in [2.75, 3.05) is 0 Å². The van der Waals surface area contributed by atoms with Crippen molar-refractivity contribution in [3.63, 3.8) is 0 Å². The molecular formula is C22H20N2. The van der Waals surface area contributed by atoms with Crippen LogP contribution in [0.25, 0.3) is 10.8 Å². The van der Waals surface area contributed by atoms with Gasteiger partial charge in [-0.3, -0.25) is 0 Å². The summed E-state index contributed by atoms with van der Waals surface area (Å²) in [5.41, 5.74) is 4.91. The Balaban J connectivity index is 1.62. The van der Waals surface area contributed by atoms with E-state index in [9.17, 15) is 0 Å². The number of aromatic amines is 1. The van der Waals surface area contributed by atoms with E-state index in [4.69, 9.17) is 4.98 Å². The molecule has 24 heavy (non-hydrogen) atoms. The highest BCUT2D eigenvalue weighted by molar-refractivity contribution is 5.85. The number of imidazole rings is 1. The van der Waals surface area contributed by atoms with E-state index in [-0.39, 0.29) is 0 Å². The molecule has 0 aliphatic carbocycles. The lowest BCUT2D eigenvalue weighted by Crippen LogP contribution is -1.93. The van der Waals surface area contributed by atoms with Gasteiger partial charge in [-0.25, -0.2) is 4.98 Å². The normalized spacial score (nSPS) is 11.0. The maximum atomic E-state index is 4.85.